The van der Waals surface area contributed by atoms with Gasteiger partial charge in [-0.15, -0.1) is 0 Å². The molecule has 8 nitrogen and oxygen atoms in total. The molecule has 0 aliphatic heterocycles. The highest BCUT2D eigenvalue weighted by molar-refractivity contribution is 7.20. The van der Waals surface area contributed by atoms with Crippen molar-refractivity contribution in [3.63, 3.8) is 0 Å². The Morgan fingerprint density at radius 2 is 1.82 bits per heavy atom. The number of carbonyl (C=O) groups is 2. The Balaban J connectivity index is 1.43. The van der Waals surface area contributed by atoms with Crippen LogP contribution < -0.4 is 15.4 Å². The average molecular weight is 478 g/mol. The largest absolute Gasteiger partial charge is 0.497 e. The monoisotopic (exact) mass is 477 g/mol. The third-order valence-electron chi connectivity index (χ3n) is 5.29. The van der Waals surface area contributed by atoms with E-state index >= 15 is 0 Å². The molecule has 2 N–H and O–H groups in total. The molecule has 4 rings (SSSR count). The lowest BCUT2D eigenvalue weighted by molar-refractivity contribution is -0.115. The van der Waals surface area contributed by atoms with Gasteiger partial charge < -0.3 is 15.4 Å². The third kappa shape index (κ3) is 5.09. The minimum atomic E-state index is -0.358. The fourth-order valence-corrected chi connectivity index (χ4v) is 4.38. The normalized spacial score (nSPS) is 11.4. The Bertz CT molecular complexity index is 1350. The van der Waals surface area contributed by atoms with Gasteiger partial charge >= 0.3 is 0 Å². The molecule has 0 fully saturated rings. The van der Waals surface area contributed by atoms with Crippen LogP contribution in [-0.2, 0) is 10.2 Å². The first-order valence-electron chi connectivity index (χ1n) is 10.8. The van der Waals surface area contributed by atoms with E-state index in [0.29, 0.717) is 16.5 Å². The molecule has 0 bridgehead atoms. The van der Waals surface area contributed by atoms with Crippen LogP contribution in [0.15, 0.2) is 48.5 Å². The number of anilines is 1. The predicted octanol–water partition coefficient (Wildman–Crippen LogP) is 4.47. The van der Waals surface area contributed by atoms with Gasteiger partial charge in [0.25, 0.3) is 5.91 Å². The minimum absolute atomic E-state index is 0.00527. The smallest absolute Gasteiger partial charge is 0.251 e. The van der Waals surface area contributed by atoms with Crippen LogP contribution in [0.1, 0.15) is 42.4 Å². The second-order valence-electron chi connectivity index (χ2n) is 8.97. The van der Waals surface area contributed by atoms with Gasteiger partial charge in [0.1, 0.15) is 11.6 Å². The van der Waals surface area contributed by atoms with Crippen molar-refractivity contribution in [3.05, 3.63) is 65.4 Å². The van der Waals surface area contributed by atoms with E-state index in [-0.39, 0.29) is 23.8 Å². The number of rotatable bonds is 6. The van der Waals surface area contributed by atoms with Crippen LogP contribution in [0.2, 0.25) is 0 Å². The molecule has 4 aromatic rings. The van der Waals surface area contributed by atoms with Crippen molar-refractivity contribution < 1.29 is 14.3 Å². The topological polar surface area (TPSA) is 98.1 Å². The first-order valence-corrected chi connectivity index (χ1v) is 11.7. The summed E-state index contributed by atoms with van der Waals surface area (Å²) in [5.41, 5.74) is 3.20. The van der Waals surface area contributed by atoms with E-state index < -0.39 is 0 Å². The Morgan fingerprint density at radius 3 is 2.50 bits per heavy atom. The standard InChI is InChI=1S/C25H27N5O3S/c1-15-12-21(30(29-15)24-27-19-11-10-18(33-5)13-20(19)34-24)28-22(31)14-26-23(32)16-6-8-17(9-7-16)25(2,3)4/h6-13H,14H2,1-5H3,(H,26,32)(H,28,31). The Labute approximate surface area is 202 Å². The van der Waals surface area contributed by atoms with Crippen LogP contribution in [0.5, 0.6) is 5.75 Å². The number of fused-ring (bicyclic) bond motifs is 1. The number of thiazole rings is 1. The van der Waals surface area contributed by atoms with Crippen LogP contribution in [0.4, 0.5) is 5.82 Å². The lowest BCUT2D eigenvalue weighted by atomic mass is 9.87. The molecule has 2 amide bonds. The minimum Gasteiger partial charge on any atom is -0.497 e. The number of aromatic nitrogens is 3. The van der Waals surface area contributed by atoms with Crippen molar-refractivity contribution in [1.29, 1.82) is 0 Å². The first kappa shape index (κ1) is 23.4. The number of ether oxygens (including phenoxy) is 1. The molecule has 176 valence electrons. The molecule has 0 atom stereocenters. The van der Waals surface area contributed by atoms with E-state index in [1.807, 2.05) is 37.3 Å². The van der Waals surface area contributed by atoms with Crippen molar-refractivity contribution in [2.75, 3.05) is 19.0 Å². The number of aryl methyl sites for hydroxylation is 1. The highest BCUT2D eigenvalue weighted by atomic mass is 32.1. The average Bonchev–Trinajstić information content (AvgIpc) is 3.39. The van der Waals surface area contributed by atoms with Crippen LogP contribution in [0.25, 0.3) is 15.3 Å². The van der Waals surface area contributed by atoms with Crippen LogP contribution in [-0.4, -0.2) is 40.2 Å². The number of nitrogens with zero attached hydrogens (tertiary/aromatic N) is 3. The number of hydrogen-bond donors (Lipinski definition) is 2. The molecule has 2 heterocycles. The van der Waals surface area contributed by atoms with Crippen LogP contribution in [0.3, 0.4) is 0 Å². The molecule has 0 spiro atoms. The highest BCUT2D eigenvalue weighted by Gasteiger charge is 2.17. The molecule has 2 aromatic heterocycles. The predicted molar refractivity (Wildman–Crippen MR) is 134 cm³/mol. The van der Waals surface area contributed by atoms with Gasteiger partial charge in [0.05, 0.1) is 29.6 Å². The third-order valence-corrected chi connectivity index (χ3v) is 6.28. The fraction of sp³-hybridized carbons (Fsp3) is 0.280. The summed E-state index contributed by atoms with van der Waals surface area (Å²) in [6, 6.07) is 14.8. The molecular weight excluding hydrogens is 450 g/mol. The van der Waals surface area contributed by atoms with Gasteiger partial charge in [-0.25, -0.2) is 4.98 Å². The number of methoxy groups -OCH3 is 1. The number of hydrogen-bond acceptors (Lipinski definition) is 6. The molecule has 9 heteroatoms. The lowest BCUT2D eigenvalue weighted by Crippen LogP contribution is -2.33. The summed E-state index contributed by atoms with van der Waals surface area (Å²) in [6.07, 6.45) is 0. The van der Waals surface area contributed by atoms with Crippen LogP contribution in [0, 0.1) is 6.92 Å². The number of nitrogens with one attached hydrogen (secondary N) is 2. The maximum Gasteiger partial charge on any atom is 0.251 e. The van der Waals surface area contributed by atoms with E-state index in [4.69, 9.17) is 4.74 Å². The lowest BCUT2D eigenvalue weighted by Gasteiger charge is -2.19. The molecule has 2 aromatic carbocycles. The molecular formula is C25H27N5O3S. The van der Waals surface area contributed by atoms with Crippen molar-refractivity contribution in [3.8, 4) is 10.9 Å². The zero-order valence-corrected chi connectivity index (χ0v) is 20.6. The number of carbonyl (C=O) groups excluding carboxylic acids is 2. The van der Waals surface area contributed by atoms with Crippen molar-refractivity contribution >= 4 is 39.2 Å². The number of amides is 2. The van der Waals surface area contributed by atoms with Gasteiger partial charge in [-0.1, -0.05) is 44.2 Å². The van der Waals surface area contributed by atoms with E-state index in [0.717, 1.165) is 27.2 Å². The maximum absolute atomic E-state index is 12.6. The Hall–Kier alpha value is -3.72. The summed E-state index contributed by atoms with van der Waals surface area (Å²) in [5.74, 6) is 0.568. The summed E-state index contributed by atoms with van der Waals surface area (Å²) in [7, 11) is 1.62. The second-order valence-corrected chi connectivity index (χ2v) is 9.98. The first-order chi connectivity index (χ1) is 16.1. The van der Waals surface area contributed by atoms with Gasteiger partial charge in [0.15, 0.2) is 0 Å². The Kier molecular flexibility index (Phi) is 6.39. The zero-order valence-electron chi connectivity index (χ0n) is 19.8. The van der Waals surface area contributed by atoms with E-state index in [9.17, 15) is 9.59 Å². The maximum atomic E-state index is 12.6. The van der Waals surface area contributed by atoms with E-state index in [1.54, 1.807) is 30.0 Å². The van der Waals surface area contributed by atoms with E-state index in [1.165, 1.54) is 11.3 Å². The van der Waals surface area contributed by atoms with Gasteiger partial charge in [0, 0.05) is 11.6 Å². The van der Waals surface area contributed by atoms with Gasteiger partial charge in [-0.3, -0.25) is 9.59 Å². The number of benzene rings is 2. The molecule has 0 radical (unpaired) electrons. The molecule has 0 aliphatic carbocycles. The summed E-state index contributed by atoms with van der Waals surface area (Å²) in [4.78, 5) is 29.7. The quantitative estimate of drug-likeness (QED) is 0.427. The second kappa shape index (κ2) is 9.26. The van der Waals surface area contributed by atoms with E-state index in [2.05, 4.69) is 41.5 Å². The van der Waals surface area contributed by atoms with Crippen LogP contribution >= 0.6 is 11.3 Å². The van der Waals surface area contributed by atoms with Gasteiger partial charge in [-0.05, 0) is 48.2 Å². The SMILES string of the molecule is COc1ccc2nc(-n3nc(C)cc3NC(=O)CNC(=O)c3ccc(C(C)(C)C)cc3)sc2c1. The molecule has 0 unspecified atom stereocenters. The molecule has 0 aliphatic rings. The summed E-state index contributed by atoms with van der Waals surface area (Å²) in [6.45, 7) is 8.02. The van der Waals surface area contributed by atoms with Crippen molar-refractivity contribution in [2.45, 2.75) is 33.1 Å². The summed E-state index contributed by atoms with van der Waals surface area (Å²) < 4.78 is 7.82. The van der Waals surface area contributed by atoms with Crippen molar-refractivity contribution in [1.82, 2.24) is 20.1 Å². The fourth-order valence-electron chi connectivity index (χ4n) is 3.42. The summed E-state index contributed by atoms with van der Waals surface area (Å²) in [5, 5.41) is 10.6. The molecule has 0 saturated heterocycles. The highest BCUT2D eigenvalue weighted by Crippen LogP contribution is 2.30. The van der Waals surface area contributed by atoms with Gasteiger partial charge in [-0.2, -0.15) is 9.78 Å². The van der Waals surface area contributed by atoms with Gasteiger partial charge in [0.2, 0.25) is 11.0 Å². The Morgan fingerprint density at radius 1 is 1.09 bits per heavy atom. The van der Waals surface area contributed by atoms with Crippen molar-refractivity contribution in [2.24, 2.45) is 0 Å². The molecule has 34 heavy (non-hydrogen) atoms. The molecule has 0 saturated carbocycles. The summed E-state index contributed by atoms with van der Waals surface area (Å²) >= 11 is 1.44. The zero-order chi connectivity index (χ0) is 24.5.